The molecule has 0 spiro atoms. The topological polar surface area (TPSA) is 58.2 Å². The van der Waals surface area contributed by atoms with Crippen LogP contribution in [0, 0.1) is 3.57 Å². The highest BCUT2D eigenvalue weighted by atomic mass is 127. The number of benzene rings is 1. The number of nitrogens with one attached hydrogen (secondary N) is 2. The molecule has 1 heterocycles. The zero-order valence-electron chi connectivity index (χ0n) is 6.54. The lowest BCUT2D eigenvalue weighted by molar-refractivity contribution is 0.584. The molecule has 0 radical (unpaired) electrons. The molecule has 4 nitrogen and oxygen atoms in total. The van der Waals surface area contributed by atoms with Crippen molar-refractivity contribution in [3.63, 3.8) is 0 Å². The molecule has 0 fully saturated rings. The molecule has 0 unspecified atom stereocenters. The summed E-state index contributed by atoms with van der Waals surface area (Å²) in [5.41, 5.74) is 1.67. The van der Waals surface area contributed by atoms with Crippen LogP contribution in [-0.2, 0) is 16.8 Å². The fraction of sp³-hybridized carbons (Fsp3) is 0.143. The van der Waals surface area contributed by atoms with E-state index in [1.807, 2.05) is 18.2 Å². The third-order valence-electron chi connectivity index (χ3n) is 1.79. The number of fused-ring (bicyclic) bond motifs is 1. The molecule has 0 aliphatic carbocycles. The van der Waals surface area contributed by atoms with Gasteiger partial charge in [0.1, 0.15) is 0 Å². The van der Waals surface area contributed by atoms with Gasteiger partial charge in [0.05, 0.1) is 5.69 Å². The summed E-state index contributed by atoms with van der Waals surface area (Å²) < 4.78 is 28.1. The number of rotatable bonds is 0. The van der Waals surface area contributed by atoms with Crippen LogP contribution >= 0.6 is 22.6 Å². The van der Waals surface area contributed by atoms with Crippen molar-refractivity contribution in [3.8, 4) is 0 Å². The van der Waals surface area contributed by atoms with Gasteiger partial charge in [0.2, 0.25) is 0 Å². The average Bonchev–Trinajstić information content (AvgIpc) is 2.06. The van der Waals surface area contributed by atoms with E-state index in [2.05, 4.69) is 32.0 Å². The monoisotopic (exact) mass is 310 g/mol. The SMILES string of the molecule is O=S1(=O)NCc2cccc(I)c2N1. The molecular formula is C7H7IN2O2S. The van der Waals surface area contributed by atoms with E-state index in [4.69, 9.17) is 0 Å². The zero-order valence-corrected chi connectivity index (χ0v) is 9.52. The fourth-order valence-corrected chi connectivity index (χ4v) is 2.97. The Morgan fingerprint density at radius 2 is 2.15 bits per heavy atom. The molecule has 0 amide bonds. The molecule has 1 aromatic carbocycles. The van der Waals surface area contributed by atoms with Crippen molar-refractivity contribution in [2.45, 2.75) is 6.54 Å². The van der Waals surface area contributed by atoms with Gasteiger partial charge in [-0.3, -0.25) is 4.72 Å². The van der Waals surface area contributed by atoms with Crippen LogP contribution < -0.4 is 9.44 Å². The highest BCUT2D eigenvalue weighted by Crippen LogP contribution is 2.26. The molecule has 70 valence electrons. The maximum absolute atomic E-state index is 11.1. The van der Waals surface area contributed by atoms with Crippen LogP contribution in [0.2, 0.25) is 0 Å². The van der Waals surface area contributed by atoms with Crippen molar-refractivity contribution < 1.29 is 8.42 Å². The normalized spacial score (nSPS) is 18.8. The van der Waals surface area contributed by atoms with Crippen molar-refractivity contribution in [1.82, 2.24) is 4.72 Å². The van der Waals surface area contributed by atoms with Crippen molar-refractivity contribution in [2.75, 3.05) is 4.72 Å². The highest BCUT2D eigenvalue weighted by Gasteiger charge is 2.20. The second-order valence-electron chi connectivity index (χ2n) is 2.70. The predicted octanol–water partition coefficient (Wildman–Crippen LogP) is 1.05. The molecule has 1 aliphatic heterocycles. The summed E-state index contributed by atoms with van der Waals surface area (Å²) in [7, 11) is -3.32. The van der Waals surface area contributed by atoms with Crippen molar-refractivity contribution in [1.29, 1.82) is 0 Å². The van der Waals surface area contributed by atoms with Gasteiger partial charge in [-0.2, -0.15) is 13.1 Å². The Hall–Kier alpha value is -0.340. The Bertz CT molecular complexity index is 444. The highest BCUT2D eigenvalue weighted by molar-refractivity contribution is 14.1. The molecule has 0 atom stereocenters. The maximum atomic E-state index is 11.1. The summed E-state index contributed by atoms with van der Waals surface area (Å²) in [6, 6.07) is 5.67. The maximum Gasteiger partial charge on any atom is 0.299 e. The summed E-state index contributed by atoms with van der Waals surface area (Å²) in [5, 5.41) is 0. The van der Waals surface area contributed by atoms with Crippen LogP contribution in [0.1, 0.15) is 5.56 Å². The Labute approximate surface area is 90.0 Å². The van der Waals surface area contributed by atoms with Gasteiger partial charge >= 0.3 is 0 Å². The summed E-state index contributed by atoms with van der Waals surface area (Å²) >= 11 is 2.11. The predicted molar refractivity (Wildman–Crippen MR) is 58.5 cm³/mol. The van der Waals surface area contributed by atoms with E-state index in [1.54, 1.807) is 0 Å². The van der Waals surface area contributed by atoms with E-state index in [1.165, 1.54) is 0 Å². The average molecular weight is 310 g/mol. The molecular weight excluding hydrogens is 303 g/mol. The number of hydrogen-bond acceptors (Lipinski definition) is 2. The first kappa shape index (κ1) is 9.22. The molecule has 2 N–H and O–H groups in total. The molecule has 0 saturated heterocycles. The Kier molecular flexibility index (Phi) is 2.20. The fourth-order valence-electron chi connectivity index (χ4n) is 1.17. The zero-order chi connectivity index (χ0) is 9.47. The molecule has 0 aromatic heterocycles. The van der Waals surface area contributed by atoms with Gasteiger partial charge < -0.3 is 0 Å². The quantitative estimate of drug-likeness (QED) is 0.704. The number of halogens is 1. The molecule has 2 rings (SSSR count). The second kappa shape index (κ2) is 3.10. The third kappa shape index (κ3) is 1.79. The standard InChI is InChI=1S/C7H7IN2O2S/c8-6-3-1-2-5-4-9-13(11,12)10-7(5)6/h1-3,9-10H,4H2. The van der Waals surface area contributed by atoms with Gasteiger partial charge in [0.25, 0.3) is 10.2 Å². The lowest BCUT2D eigenvalue weighted by Gasteiger charge is -2.19. The molecule has 1 aromatic rings. The summed E-state index contributed by atoms with van der Waals surface area (Å²) in [4.78, 5) is 0. The van der Waals surface area contributed by atoms with Crippen LogP contribution in [0.4, 0.5) is 5.69 Å². The Balaban J connectivity index is 2.56. The van der Waals surface area contributed by atoms with E-state index in [0.29, 0.717) is 12.2 Å². The molecule has 13 heavy (non-hydrogen) atoms. The van der Waals surface area contributed by atoms with Crippen molar-refractivity contribution in [3.05, 3.63) is 27.3 Å². The van der Waals surface area contributed by atoms with Crippen LogP contribution in [0.15, 0.2) is 18.2 Å². The molecule has 0 saturated carbocycles. The van der Waals surface area contributed by atoms with Gasteiger partial charge in [-0.25, -0.2) is 0 Å². The van der Waals surface area contributed by atoms with Crippen LogP contribution in [0.25, 0.3) is 0 Å². The van der Waals surface area contributed by atoms with Gasteiger partial charge in [-0.1, -0.05) is 12.1 Å². The number of hydrogen-bond donors (Lipinski definition) is 2. The van der Waals surface area contributed by atoms with E-state index in [0.717, 1.165) is 9.13 Å². The largest absolute Gasteiger partial charge is 0.299 e. The Morgan fingerprint density at radius 3 is 2.92 bits per heavy atom. The van der Waals surface area contributed by atoms with E-state index >= 15 is 0 Å². The first-order valence-corrected chi connectivity index (χ1v) is 6.19. The first-order valence-electron chi connectivity index (χ1n) is 3.63. The number of anilines is 1. The minimum atomic E-state index is -3.32. The first-order chi connectivity index (χ1) is 6.08. The molecule has 1 aliphatic rings. The van der Waals surface area contributed by atoms with Gasteiger partial charge in [-0.05, 0) is 34.2 Å². The smallest absolute Gasteiger partial charge is 0.270 e. The van der Waals surface area contributed by atoms with Crippen LogP contribution in [0.3, 0.4) is 0 Å². The molecule has 0 bridgehead atoms. The Morgan fingerprint density at radius 1 is 1.38 bits per heavy atom. The summed E-state index contributed by atoms with van der Waals surface area (Å²) in [5.74, 6) is 0. The van der Waals surface area contributed by atoms with E-state index < -0.39 is 10.2 Å². The van der Waals surface area contributed by atoms with Gasteiger partial charge in [-0.15, -0.1) is 0 Å². The lowest BCUT2D eigenvalue weighted by Crippen LogP contribution is -2.34. The van der Waals surface area contributed by atoms with Gasteiger partial charge in [0.15, 0.2) is 0 Å². The minimum Gasteiger partial charge on any atom is -0.270 e. The van der Waals surface area contributed by atoms with Crippen LogP contribution in [0.5, 0.6) is 0 Å². The lowest BCUT2D eigenvalue weighted by atomic mass is 10.2. The van der Waals surface area contributed by atoms with Gasteiger partial charge in [0, 0.05) is 10.1 Å². The minimum absolute atomic E-state index is 0.363. The number of para-hydroxylation sites is 1. The second-order valence-corrected chi connectivity index (χ2v) is 5.36. The third-order valence-corrected chi connectivity index (χ3v) is 3.69. The van der Waals surface area contributed by atoms with Crippen LogP contribution in [-0.4, -0.2) is 8.42 Å². The molecule has 6 heteroatoms. The van der Waals surface area contributed by atoms with Crippen molar-refractivity contribution >= 4 is 38.5 Å². The van der Waals surface area contributed by atoms with Crippen molar-refractivity contribution in [2.24, 2.45) is 0 Å². The van der Waals surface area contributed by atoms with E-state index in [-0.39, 0.29) is 0 Å². The summed E-state index contributed by atoms with van der Waals surface area (Å²) in [6.07, 6.45) is 0. The van der Waals surface area contributed by atoms with E-state index in [9.17, 15) is 8.42 Å². The summed E-state index contributed by atoms with van der Waals surface area (Å²) in [6.45, 7) is 0.363.